The Morgan fingerprint density at radius 2 is 1.60 bits per heavy atom. The van der Waals surface area contributed by atoms with Gasteiger partial charge in [-0.15, -0.1) is 0 Å². The standard InChI is InChI=1S/C23H16BrFN4O/c24-17-11-9-15(10-12-17)20-13-21(18-6-2-4-8-22(18)30)28-23(27-20)29-26-14-16-5-1-3-7-19(16)25/h1-14,30H,(H,27,28,29). The fourth-order valence-electron chi connectivity index (χ4n) is 2.83. The first-order chi connectivity index (χ1) is 14.6. The molecule has 0 saturated heterocycles. The highest BCUT2D eigenvalue weighted by Crippen LogP contribution is 2.31. The lowest BCUT2D eigenvalue weighted by Crippen LogP contribution is -2.01. The van der Waals surface area contributed by atoms with Crippen molar-refractivity contribution >= 4 is 28.1 Å². The highest BCUT2D eigenvalue weighted by Gasteiger charge is 2.11. The molecular weight excluding hydrogens is 447 g/mol. The Labute approximate surface area is 181 Å². The molecular formula is C23H16BrFN4O. The van der Waals surface area contributed by atoms with E-state index in [1.54, 1.807) is 42.5 Å². The first kappa shape index (κ1) is 19.7. The van der Waals surface area contributed by atoms with Gasteiger partial charge in [0, 0.05) is 21.2 Å². The van der Waals surface area contributed by atoms with Gasteiger partial charge in [0.15, 0.2) is 0 Å². The molecule has 0 spiro atoms. The lowest BCUT2D eigenvalue weighted by Gasteiger charge is -2.09. The van der Waals surface area contributed by atoms with Crippen molar-refractivity contribution in [3.63, 3.8) is 0 Å². The molecule has 4 rings (SSSR count). The summed E-state index contributed by atoms with van der Waals surface area (Å²) < 4.78 is 14.7. The number of nitrogens with zero attached hydrogens (tertiary/aromatic N) is 3. The molecule has 1 heterocycles. The Hall–Kier alpha value is -3.58. The minimum atomic E-state index is -0.373. The van der Waals surface area contributed by atoms with Gasteiger partial charge in [0.25, 0.3) is 0 Å². The summed E-state index contributed by atoms with van der Waals surface area (Å²) in [6, 6.07) is 22.7. The number of aromatic hydroxyl groups is 1. The summed E-state index contributed by atoms with van der Waals surface area (Å²) in [5.74, 6) is -0.0393. The lowest BCUT2D eigenvalue weighted by atomic mass is 10.1. The van der Waals surface area contributed by atoms with Crippen LogP contribution < -0.4 is 5.43 Å². The number of hydrogen-bond donors (Lipinski definition) is 2. The van der Waals surface area contributed by atoms with Crippen molar-refractivity contribution in [3.8, 4) is 28.3 Å². The number of halogens is 2. The van der Waals surface area contributed by atoms with E-state index in [4.69, 9.17) is 0 Å². The largest absolute Gasteiger partial charge is 0.507 e. The van der Waals surface area contributed by atoms with Gasteiger partial charge in [0.05, 0.1) is 17.6 Å². The molecule has 0 fully saturated rings. The van der Waals surface area contributed by atoms with Crippen molar-refractivity contribution < 1.29 is 9.50 Å². The fraction of sp³-hybridized carbons (Fsp3) is 0. The molecule has 0 aliphatic carbocycles. The van der Waals surface area contributed by atoms with Gasteiger partial charge in [-0.2, -0.15) is 5.10 Å². The van der Waals surface area contributed by atoms with Gasteiger partial charge in [0.2, 0.25) is 5.95 Å². The zero-order valence-electron chi connectivity index (χ0n) is 15.6. The van der Waals surface area contributed by atoms with E-state index in [2.05, 4.69) is 36.4 Å². The van der Waals surface area contributed by atoms with E-state index < -0.39 is 0 Å². The molecule has 4 aromatic rings. The summed E-state index contributed by atoms with van der Waals surface area (Å²) in [5.41, 5.74) is 5.73. The maximum atomic E-state index is 13.8. The second-order valence-electron chi connectivity index (χ2n) is 6.38. The first-order valence-electron chi connectivity index (χ1n) is 9.07. The van der Waals surface area contributed by atoms with E-state index in [-0.39, 0.29) is 17.5 Å². The molecule has 2 N–H and O–H groups in total. The van der Waals surface area contributed by atoms with Crippen molar-refractivity contribution in [2.24, 2.45) is 5.10 Å². The summed E-state index contributed by atoms with van der Waals surface area (Å²) in [4.78, 5) is 8.98. The zero-order valence-corrected chi connectivity index (χ0v) is 17.2. The van der Waals surface area contributed by atoms with E-state index in [0.29, 0.717) is 22.5 Å². The topological polar surface area (TPSA) is 70.4 Å². The SMILES string of the molecule is Oc1ccccc1-c1cc(-c2ccc(Br)cc2)nc(NN=Cc2ccccc2F)n1. The number of hydrogen-bond acceptors (Lipinski definition) is 5. The molecule has 0 radical (unpaired) electrons. The summed E-state index contributed by atoms with van der Waals surface area (Å²) in [6.07, 6.45) is 1.37. The predicted octanol–water partition coefficient (Wildman–Crippen LogP) is 5.86. The molecule has 0 bridgehead atoms. The first-order valence-corrected chi connectivity index (χ1v) is 9.86. The van der Waals surface area contributed by atoms with Gasteiger partial charge >= 0.3 is 0 Å². The van der Waals surface area contributed by atoms with Crippen LogP contribution in [0.25, 0.3) is 22.5 Å². The van der Waals surface area contributed by atoms with Gasteiger partial charge in [-0.3, -0.25) is 0 Å². The predicted molar refractivity (Wildman–Crippen MR) is 120 cm³/mol. The third-order valence-corrected chi connectivity index (χ3v) is 4.85. The summed E-state index contributed by atoms with van der Waals surface area (Å²) in [6.45, 7) is 0. The number of aromatic nitrogens is 2. The van der Waals surface area contributed by atoms with Gasteiger partial charge < -0.3 is 5.11 Å². The Balaban J connectivity index is 1.73. The van der Waals surface area contributed by atoms with Crippen LogP contribution in [0.15, 0.2) is 88.4 Å². The van der Waals surface area contributed by atoms with Gasteiger partial charge in [-0.1, -0.05) is 58.4 Å². The molecule has 1 aromatic heterocycles. The molecule has 7 heteroatoms. The highest BCUT2D eigenvalue weighted by molar-refractivity contribution is 9.10. The maximum absolute atomic E-state index is 13.8. The van der Waals surface area contributed by atoms with Crippen LogP contribution in [0.1, 0.15) is 5.56 Å². The van der Waals surface area contributed by atoms with Gasteiger partial charge in [-0.05, 0) is 36.4 Å². The van der Waals surface area contributed by atoms with Crippen LogP contribution in [-0.4, -0.2) is 21.3 Å². The number of phenols is 1. The van der Waals surface area contributed by atoms with E-state index >= 15 is 0 Å². The van der Waals surface area contributed by atoms with E-state index in [0.717, 1.165) is 10.0 Å². The summed E-state index contributed by atoms with van der Waals surface area (Å²) in [5, 5.41) is 14.3. The van der Waals surface area contributed by atoms with Crippen LogP contribution in [0.3, 0.4) is 0 Å². The van der Waals surface area contributed by atoms with Crippen molar-refractivity contribution in [2.45, 2.75) is 0 Å². The lowest BCUT2D eigenvalue weighted by molar-refractivity contribution is 0.477. The molecule has 5 nitrogen and oxygen atoms in total. The van der Waals surface area contributed by atoms with Crippen LogP contribution >= 0.6 is 15.9 Å². The van der Waals surface area contributed by atoms with Gasteiger partial charge in [-0.25, -0.2) is 19.8 Å². The smallest absolute Gasteiger partial charge is 0.244 e. The van der Waals surface area contributed by atoms with E-state index in [9.17, 15) is 9.50 Å². The molecule has 0 amide bonds. The normalized spacial score (nSPS) is 11.0. The minimum absolute atomic E-state index is 0.110. The Morgan fingerprint density at radius 3 is 2.37 bits per heavy atom. The summed E-state index contributed by atoms with van der Waals surface area (Å²) >= 11 is 3.43. The van der Waals surface area contributed by atoms with Crippen molar-refractivity contribution in [3.05, 3.63) is 94.7 Å². The number of hydrazone groups is 1. The van der Waals surface area contributed by atoms with Crippen LogP contribution in [0, 0.1) is 5.82 Å². The number of rotatable bonds is 5. The molecule has 0 atom stereocenters. The maximum Gasteiger partial charge on any atom is 0.244 e. The molecule has 3 aromatic carbocycles. The Kier molecular flexibility index (Phi) is 5.81. The summed E-state index contributed by atoms with van der Waals surface area (Å²) in [7, 11) is 0. The third-order valence-electron chi connectivity index (χ3n) is 4.32. The number of nitrogens with one attached hydrogen (secondary N) is 1. The number of phenolic OH excluding ortho intramolecular Hbond substituents is 1. The minimum Gasteiger partial charge on any atom is -0.507 e. The Morgan fingerprint density at radius 1 is 0.900 bits per heavy atom. The second kappa shape index (κ2) is 8.84. The van der Waals surface area contributed by atoms with Gasteiger partial charge in [0.1, 0.15) is 11.6 Å². The van der Waals surface area contributed by atoms with E-state index in [1.165, 1.54) is 12.3 Å². The third kappa shape index (κ3) is 4.52. The average Bonchev–Trinajstić information content (AvgIpc) is 2.76. The van der Waals surface area contributed by atoms with Crippen molar-refractivity contribution in [1.82, 2.24) is 9.97 Å². The monoisotopic (exact) mass is 462 g/mol. The average molecular weight is 463 g/mol. The zero-order chi connectivity index (χ0) is 20.9. The molecule has 0 saturated carbocycles. The van der Waals surface area contributed by atoms with Crippen LogP contribution in [0.2, 0.25) is 0 Å². The second-order valence-corrected chi connectivity index (χ2v) is 7.29. The van der Waals surface area contributed by atoms with E-state index in [1.807, 2.05) is 30.3 Å². The molecule has 0 aliphatic heterocycles. The van der Waals surface area contributed by atoms with Crippen molar-refractivity contribution in [1.29, 1.82) is 0 Å². The quantitative estimate of drug-likeness (QED) is 0.287. The highest BCUT2D eigenvalue weighted by atomic mass is 79.9. The number of benzene rings is 3. The van der Waals surface area contributed by atoms with Crippen LogP contribution in [0.4, 0.5) is 10.3 Å². The molecule has 148 valence electrons. The van der Waals surface area contributed by atoms with Crippen LogP contribution in [0.5, 0.6) is 5.75 Å². The van der Waals surface area contributed by atoms with Crippen molar-refractivity contribution in [2.75, 3.05) is 5.43 Å². The Bertz CT molecular complexity index is 1210. The molecule has 0 unspecified atom stereocenters. The number of anilines is 1. The fourth-order valence-corrected chi connectivity index (χ4v) is 3.10. The van der Waals surface area contributed by atoms with Crippen LogP contribution in [-0.2, 0) is 0 Å². The molecule has 0 aliphatic rings. The number of para-hydroxylation sites is 1. The molecule has 30 heavy (non-hydrogen) atoms.